The molecule has 4 N–H and O–H groups in total. The number of H-pyrrole nitrogens is 1. The minimum Gasteiger partial charge on any atom is -0.507 e. The molecule has 1 saturated carbocycles. The minimum absolute atomic E-state index is 0.0228. The van der Waals surface area contributed by atoms with Crippen molar-refractivity contribution in [3.8, 4) is 17.2 Å². The maximum Gasteiger partial charge on any atom is 0.254 e. The molecule has 7 nitrogen and oxygen atoms in total. The van der Waals surface area contributed by atoms with Gasteiger partial charge in [-0.15, -0.1) is 0 Å². The Morgan fingerprint density at radius 3 is 2.59 bits per heavy atom. The third-order valence-corrected chi connectivity index (χ3v) is 5.73. The Hall–Kier alpha value is -2.54. The Balaban J connectivity index is 1.56. The molecule has 1 aromatic heterocycles. The first-order valence-corrected chi connectivity index (χ1v) is 9.59. The molecule has 0 spiro atoms. The molecule has 1 aliphatic heterocycles. The van der Waals surface area contributed by atoms with Gasteiger partial charge in [-0.25, -0.2) is 4.98 Å². The molecule has 0 bridgehead atoms. The van der Waals surface area contributed by atoms with Crippen LogP contribution in [0.3, 0.4) is 0 Å². The van der Waals surface area contributed by atoms with Crippen molar-refractivity contribution in [3.05, 3.63) is 45.1 Å². The number of phenols is 3. The lowest BCUT2D eigenvalue weighted by molar-refractivity contribution is 0.236. The van der Waals surface area contributed by atoms with Crippen LogP contribution in [-0.2, 0) is 19.5 Å². The van der Waals surface area contributed by atoms with Crippen LogP contribution in [0, 0.1) is 0 Å². The van der Waals surface area contributed by atoms with Crippen molar-refractivity contribution in [2.24, 2.45) is 0 Å². The minimum atomic E-state index is -0.342. The topological polar surface area (TPSA) is 110 Å². The number of nitrogens with zero attached hydrogens (tertiary/aromatic N) is 2. The zero-order chi connectivity index (χ0) is 19.0. The molecule has 2 aromatic rings. The van der Waals surface area contributed by atoms with E-state index in [-0.39, 0.29) is 22.8 Å². The Bertz CT molecular complexity index is 903. The smallest absolute Gasteiger partial charge is 0.254 e. The van der Waals surface area contributed by atoms with Crippen LogP contribution >= 0.6 is 0 Å². The monoisotopic (exact) mass is 371 g/mol. The zero-order valence-electron chi connectivity index (χ0n) is 15.2. The number of phenolic OH excluding ortho intramolecular Hbond substituents is 3. The summed E-state index contributed by atoms with van der Waals surface area (Å²) < 4.78 is 0. The normalized spacial score (nSPS) is 18.4. The van der Waals surface area contributed by atoms with Gasteiger partial charge in [0.15, 0.2) is 11.5 Å². The van der Waals surface area contributed by atoms with E-state index in [1.54, 1.807) is 0 Å². The van der Waals surface area contributed by atoms with Crippen molar-refractivity contribution < 1.29 is 15.3 Å². The van der Waals surface area contributed by atoms with Gasteiger partial charge in [-0.3, -0.25) is 9.69 Å². The first-order valence-electron chi connectivity index (χ1n) is 9.59. The van der Waals surface area contributed by atoms with E-state index in [0.29, 0.717) is 37.5 Å². The number of aromatic hydroxyl groups is 3. The summed E-state index contributed by atoms with van der Waals surface area (Å²) in [6, 6.07) is 2.52. The standard InChI is InChI=1S/C20H25N3O4/c24-16-9-18(26)17(25)8-13(16)10-23-7-6-14-15(11-23)21-19(22-20(14)27)12-4-2-1-3-5-12/h8-9,12,24-26H,1-7,10-11H2,(H,21,22,27). The average Bonchev–Trinajstić information content (AvgIpc) is 2.66. The van der Waals surface area contributed by atoms with E-state index in [0.717, 1.165) is 36.0 Å². The zero-order valence-corrected chi connectivity index (χ0v) is 15.2. The van der Waals surface area contributed by atoms with Crippen LogP contribution in [0.25, 0.3) is 0 Å². The fourth-order valence-electron chi connectivity index (χ4n) is 4.19. The molecule has 0 atom stereocenters. The van der Waals surface area contributed by atoms with Crippen molar-refractivity contribution >= 4 is 0 Å². The van der Waals surface area contributed by atoms with Gasteiger partial charge in [0, 0.05) is 42.7 Å². The number of aromatic amines is 1. The predicted octanol–water partition coefficient (Wildman–Crippen LogP) is 2.49. The van der Waals surface area contributed by atoms with Gasteiger partial charge in [-0.2, -0.15) is 0 Å². The summed E-state index contributed by atoms with van der Waals surface area (Å²) in [7, 11) is 0. The number of benzene rings is 1. The molecule has 0 radical (unpaired) electrons. The Morgan fingerprint density at radius 1 is 1.07 bits per heavy atom. The van der Waals surface area contributed by atoms with Crippen molar-refractivity contribution in [3.63, 3.8) is 0 Å². The summed E-state index contributed by atoms with van der Waals surface area (Å²) in [6.45, 7) is 1.61. The first kappa shape index (κ1) is 17.9. The van der Waals surface area contributed by atoms with Gasteiger partial charge in [0.1, 0.15) is 11.6 Å². The molecule has 2 aliphatic rings. The molecule has 0 unspecified atom stereocenters. The highest BCUT2D eigenvalue weighted by Crippen LogP contribution is 2.34. The summed E-state index contributed by atoms with van der Waals surface area (Å²) in [4.78, 5) is 22.4. The molecule has 1 aliphatic carbocycles. The van der Waals surface area contributed by atoms with Crippen LogP contribution in [0.2, 0.25) is 0 Å². The molecule has 7 heteroatoms. The molecular weight excluding hydrogens is 346 g/mol. The number of nitrogens with one attached hydrogen (secondary N) is 1. The summed E-state index contributed by atoms with van der Waals surface area (Å²) in [5.74, 6) is 0.494. The number of hydrogen-bond donors (Lipinski definition) is 4. The second-order valence-electron chi connectivity index (χ2n) is 7.64. The fourth-order valence-corrected chi connectivity index (χ4v) is 4.19. The lowest BCUT2D eigenvalue weighted by atomic mass is 9.88. The van der Waals surface area contributed by atoms with Crippen molar-refractivity contribution in [2.45, 2.75) is 57.5 Å². The van der Waals surface area contributed by atoms with E-state index in [1.165, 1.54) is 25.3 Å². The van der Waals surface area contributed by atoms with Gasteiger partial charge >= 0.3 is 0 Å². The van der Waals surface area contributed by atoms with E-state index >= 15 is 0 Å². The molecular formula is C20H25N3O4. The predicted molar refractivity (Wildman–Crippen MR) is 99.9 cm³/mol. The highest BCUT2D eigenvalue weighted by Gasteiger charge is 2.25. The Labute approximate surface area is 157 Å². The maximum absolute atomic E-state index is 12.5. The van der Waals surface area contributed by atoms with Gasteiger partial charge in [-0.1, -0.05) is 19.3 Å². The van der Waals surface area contributed by atoms with E-state index in [1.807, 2.05) is 0 Å². The number of rotatable bonds is 3. The Morgan fingerprint density at radius 2 is 1.81 bits per heavy atom. The first-order chi connectivity index (χ1) is 13.0. The van der Waals surface area contributed by atoms with Crippen LogP contribution in [0.15, 0.2) is 16.9 Å². The summed E-state index contributed by atoms with van der Waals surface area (Å²) >= 11 is 0. The Kier molecular flexibility index (Phi) is 4.78. The average molecular weight is 371 g/mol. The summed E-state index contributed by atoms with van der Waals surface area (Å²) in [5, 5.41) is 29.2. The lowest BCUT2D eigenvalue weighted by Crippen LogP contribution is -2.35. The van der Waals surface area contributed by atoms with E-state index in [2.05, 4.69) is 9.88 Å². The third-order valence-electron chi connectivity index (χ3n) is 5.73. The van der Waals surface area contributed by atoms with Gasteiger partial charge in [0.2, 0.25) is 0 Å². The third kappa shape index (κ3) is 3.64. The second kappa shape index (κ2) is 7.23. The van der Waals surface area contributed by atoms with Crippen LogP contribution in [0.4, 0.5) is 0 Å². The second-order valence-corrected chi connectivity index (χ2v) is 7.64. The number of aromatic nitrogens is 2. The molecule has 2 heterocycles. The van der Waals surface area contributed by atoms with Gasteiger partial charge < -0.3 is 20.3 Å². The summed E-state index contributed by atoms with van der Waals surface area (Å²) in [6.07, 6.45) is 6.37. The highest BCUT2D eigenvalue weighted by atomic mass is 16.3. The molecule has 1 aromatic carbocycles. The van der Waals surface area contributed by atoms with Gasteiger partial charge in [0.25, 0.3) is 5.56 Å². The largest absolute Gasteiger partial charge is 0.507 e. The van der Waals surface area contributed by atoms with Crippen molar-refractivity contribution in [1.82, 2.24) is 14.9 Å². The summed E-state index contributed by atoms with van der Waals surface area (Å²) in [5.41, 5.74) is 2.08. The van der Waals surface area contributed by atoms with Gasteiger partial charge in [-0.05, 0) is 25.3 Å². The molecule has 0 amide bonds. The van der Waals surface area contributed by atoms with Crippen LogP contribution in [0.5, 0.6) is 17.2 Å². The SMILES string of the molecule is O=c1[nH]c(C2CCCCC2)nc2c1CCN(Cc1cc(O)c(O)cc1O)C2. The molecule has 27 heavy (non-hydrogen) atoms. The van der Waals surface area contributed by atoms with E-state index < -0.39 is 0 Å². The van der Waals surface area contributed by atoms with Crippen LogP contribution < -0.4 is 5.56 Å². The van der Waals surface area contributed by atoms with E-state index in [9.17, 15) is 20.1 Å². The van der Waals surface area contributed by atoms with Crippen LogP contribution in [0.1, 0.15) is 60.7 Å². The lowest BCUT2D eigenvalue weighted by Gasteiger charge is -2.29. The maximum atomic E-state index is 12.5. The van der Waals surface area contributed by atoms with Crippen LogP contribution in [-0.4, -0.2) is 36.7 Å². The molecule has 1 fully saturated rings. The number of hydrogen-bond acceptors (Lipinski definition) is 6. The fraction of sp³-hybridized carbons (Fsp3) is 0.500. The number of fused-ring (bicyclic) bond motifs is 1. The highest BCUT2D eigenvalue weighted by molar-refractivity contribution is 5.48. The van der Waals surface area contributed by atoms with Crippen molar-refractivity contribution in [1.29, 1.82) is 0 Å². The molecule has 144 valence electrons. The van der Waals surface area contributed by atoms with Gasteiger partial charge in [0.05, 0.1) is 5.69 Å². The molecule has 0 saturated heterocycles. The quantitative estimate of drug-likeness (QED) is 0.487. The molecule has 4 rings (SSSR count). The van der Waals surface area contributed by atoms with Crippen molar-refractivity contribution in [2.75, 3.05) is 6.54 Å². The van der Waals surface area contributed by atoms with E-state index in [4.69, 9.17) is 4.98 Å².